The summed E-state index contributed by atoms with van der Waals surface area (Å²) in [6.07, 6.45) is 5.38. The molecular formula is C29H29FN11O7PS. The summed E-state index contributed by atoms with van der Waals surface area (Å²) in [7, 11) is 0. The maximum Gasteiger partial charge on any atom is 0.325 e. The Hall–Kier alpha value is -4.72. The second kappa shape index (κ2) is 12.6. The number of hydrogen-bond acceptors (Lipinski definition) is 13. The lowest BCUT2D eigenvalue weighted by molar-refractivity contribution is -0.384. The molecule has 21 heteroatoms. The van der Waals surface area contributed by atoms with E-state index in [0.717, 1.165) is 5.56 Å². The van der Waals surface area contributed by atoms with Crippen LogP contribution in [0.5, 0.6) is 0 Å². The highest BCUT2D eigenvalue weighted by molar-refractivity contribution is 8.07. The number of non-ortho nitro benzene ring substituents is 1. The number of nitrogens with two attached hydrogens (primary N) is 1. The Labute approximate surface area is 285 Å². The van der Waals surface area contributed by atoms with Crippen molar-refractivity contribution in [3.8, 4) is 0 Å². The highest BCUT2D eigenvalue weighted by atomic mass is 32.5. The zero-order valence-electron chi connectivity index (χ0n) is 26.0. The minimum absolute atomic E-state index is 0.00556. The number of fused-ring (bicyclic) bond motifs is 3. The smallest absolute Gasteiger partial charge is 0.325 e. The number of halogens is 1. The summed E-state index contributed by atoms with van der Waals surface area (Å²) >= 11 is 5.29. The molecule has 6 aromatic rings. The number of anilines is 1. The summed E-state index contributed by atoms with van der Waals surface area (Å²) in [6.45, 7) is -3.78. The van der Waals surface area contributed by atoms with Crippen molar-refractivity contribution < 1.29 is 28.0 Å². The van der Waals surface area contributed by atoms with E-state index in [1.165, 1.54) is 33.8 Å². The maximum absolute atomic E-state index is 15.2. The molecule has 0 amide bonds. The quantitative estimate of drug-likeness (QED) is 0.112. The molecular weight excluding hydrogens is 696 g/mol. The molecule has 0 radical (unpaired) electrons. The lowest BCUT2D eigenvalue weighted by Gasteiger charge is -2.36. The van der Waals surface area contributed by atoms with Gasteiger partial charge in [0.1, 0.15) is 17.9 Å². The Morgan fingerprint density at radius 1 is 1.10 bits per heavy atom. The van der Waals surface area contributed by atoms with Crippen LogP contribution < -0.4 is 11.3 Å². The lowest BCUT2D eigenvalue weighted by atomic mass is 9.81. The molecule has 1 unspecified atom stereocenters. The van der Waals surface area contributed by atoms with Crippen LogP contribution in [0.3, 0.4) is 0 Å². The van der Waals surface area contributed by atoms with Crippen LogP contribution in [0.1, 0.15) is 30.7 Å². The molecule has 1 aliphatic heterocycles. The largest absolute Gasteiger partial charge is 0.382 e. The van der Waals surface area contributed by atoms with Gasteiger partial charge in [0.05, 0.1) is 30.8 Å². The Balaban J connectivity index is 0.956. The van der Waals surface area contributed by atoms with Gasteiger partial charge in [0.2, 0.25) is 5.78 Å². The topological polar surface area (TPSA) is 218 Å². The second-order valence-electron chi connectivity index (χ2n) is 12.2. The van der Waals surface area contributed by atoms with Gasteiger partial charge in [-0.2, -0.15) is 4.98 Å². The number of nitrogens with zero attached hydrogens (tertiary/aromatic N) is 10. The summed E-state index contributed by atoms with van der Waals surface area (Å²) in [5, 5.41) is 11.0. The second-order valence-corrected chi connectivity index (χ2v) is 15.0. The van der Waals surface area contributed by atoms with E-state index in [1.54, 1.807) is 35.4 Å². The molecule has 2 aliphatic rings. The van der Waals surface area contributed by atoms with Crippen LogP contribution in [0.4, 0.5) is 15.9 Å². The number of benzene rings is 1. The predicted octanol–water partition coefficient (Wildman–Crippen LogP) is 2.86. The Kier molecular flexibility index (Phi) is 8.16. The van der Waals surface area contributed by atoms with Crippen molar-refractivity contribution >= 4 is 58.1 Å². The van der Waals surface area contributed by atoms with Crippen molar-refractivity contribution in [2.24, 2.45) is 5.92 Å². The van der Waals surface area contributed by atoms with Crippen molar-refractivity contribution in [2.75, 3.05) is 18.9 Å². The number of aryl methyl sites for hydroxylation is 2. The first-order chi connectivity index (χ1) is 24.1. The number of nitro groups is 1. The van der Waals surface area contributed by atoms with E-state index in [-0.39, 0.29) is 42.0 Å². The number of nitrogen functional groups attached to an aromatic ring is 1. The molecule has 6 heterocycles. The normalized spacial score (nSPS) is 23.4. The summed E-state index contributed by atoms with van der Waals surface area (Å²) < 4.78 is 38.8. The van der Waals surface area contributed by atoms with E-state index in [4.69, 9.17) is 31.3 Å². The molecule has 0 spiro atoms. The van der Waals surface area contributed by atoms with Gasteiger partial charge in [0.15, 0.2) is 35.0 Å². The molecule has 50 heavy (non-hydrogen) atoms. The minimum atomic E-state index is -3.94. The van der Waals surface area contributed by atoms with E-state index in [9.17, 15) is 19.8 Å². The van der Waals surface area contributed by atoms with Crippen LogP contribution in [-0.4, -0.2) is 78.3 Å². The molecule has 5 aromatic heterocycles. The van der Waals surface area contributed by atoms with E-state index in [1.807, 2.05) is 4.57 Å². The maximum atomic E-state index is 15.2. The molecule has 3 N–H and O–H groups in total. The van der Waals surface area contributed by atoms with Crippen LogP contribution in [0, 0.1) is 16.0 Å². The highest BCUT2D eigenvalue weighted by Gasteiger charge is 2.44. The number of alkyl halides is 1. The molecule has 18 nitrogen and oxygen atoms in total. The van der Waals surface area contributed by atoms with Gasteiger partial charge in [0.25, 0.3) is 11.2 Å². The van der Waals surface area contributed by atoms with Crippen LogP contribution in [-0.2, 0) is 38.6 Å². The van der Waals surface area contributed by atoms with Gasteiger partial charge < -0.3 is 29.0 Å². The zero-order chi connectivity index (χ0) is 34.7. The number of aromatic nitrogens is 9. The standard InChI is InChI=1S/C29H29FN11O7PS/c30-20-12-46-28(23(20)48-49(45,50)47-11-17-9-19(10-17)39-14-34-21-24(31)32-13-33-25(21)39)40-15-35-22-26(40)36-29-37(7-8-38(29)27(22)42)6-5-16-1-3-18(4-2-16)41(43)44/h1-4,7-8,13-15,17,19-20,23,28H,5-6,9-12H2,(H,45,50)(H2,31,32,33)/t17?,19?,20-,23-,28-,49?/m1/s1. The molecule has 0 bridgehead atoms. The first kappa shape index (κ1) is 32.5. The predicted molar refractivity (Wildman–Crippen MR) is 178 cm³/mol. The van der Waals surface area contributed by atoms with Gasteiger partial charge in [-0.25, -0.2) is 28.7 Å². The molecule has 8 rings (SSSR count). The molecule has 1 saturated heterocycles. The Bertz CT molecular complexity index is 2360. The van der Waals surface area contributed by atoms with Gasteiger partial charge in [0, 0.05) is 37.1 Å². The Morgan fingerprint density at radius 3 is 2.64 bits per heavy atom. The van der Waals surface area contributed by atoms with E-state index in [2.05, 4.69) is 24.9 Å². The molecule has 4 atom stereocenters. The summed E-state index contributed by atoms with van der Waals surface area (Å²) in [6, 6.07) is 6.32. The van der Waals surface area contributed by atoms with Crippen LogP contribution >= 0.6 is 6.72 Å². The number of hydrogen-bond donors (Lipinski definition) is 2. The molecule has 1 aromatic carbocycles. The minimum Gasteiger partial charge on any atom is -0.382 e. The number of nitro benzene ring substituents is 1. The van der Waals surface area contributed by atoms with E-state index >= 15 is 4.39 Å². The molecule has 1 aliphatic carbocycles. The summed E-state index contributed by atoms with van der Waals surface area (Å²) in [4.78, 5) is 56.4. The van der Waals surface area contributed by atoms with Crippen molar-refractivity contribution in [1.82, 2.24) is 43.0 Å². The van der Waals surface area contributed by atoms with Gasteiger partial charge in [-0.15, -0.1) is 0 Å². The third-order valence-electron chi connectivity index (χ3n) is 9.11. The van der Waals surface area contributed by atoms with Crippen molar-refractivity contribution in [3.63, 3.8) is 0 Å². The number of rotatable bonds is 11. The number of imidazole rings is 3. The Morgan fingerprint density at radius 2 is 1.86 bits per heavy atom. The average Bonchev–Trinajstić information content (AvgIpc) is 3.86. The van der Waals surface area contributed by atoms with Crippen molar-refractivity contribution in [3.05, 3.63) is 81.7 Å². The molecule has 260 valence electrons. The monoisotopic (exact) mass is 725 g/mol. The number of ether oxygens (including phenoxy) is 1. The van der Waals surface area contributed by atoms with Gasteiger partial charge in [-0.1, -0.05) is 12.1 Å². The fraction of sp³-hybridized carbons (Fsp3) is 0.379. The van der Waals surface area contributed by atoms with Gasteiger partial charge in [-0.3, -0.25) is 24.0 Å². The third kappa shape index (κ3) is 5.82. The van der Waals surface area contributed by atoms with Gasteiger partial charge >= 0.3 is 6.72 Å². The van der Waals surface area contributed by atoms with Crippen molar-refractivity contribution in [2.45, 2.75) is 50.4 Å². The summed E-state index contributed by atoms with van der Waals surface area (Å²) in [5.41, 5.74) is 7.63. The van der Waals surface area contributed by atoms with Crippen LogP contribution in [0.15, 0.2) is 60.4 Å². The van der Waals surface area contributed by atoms with E-state index < -0.39 is 35.7 Å². The highest BCUT2D eigenvalue weighted by Crippen LogP contribution is 2.51. The van der Waals surface area contributed by atoms with E-state index in [0.29, 0.717) is 48.6 Å². The van der Waals surface area contributed by atoms with Gasteiger partial charge in [-0.05, 0) is 42.6 Å². The van der Waals surface area contributed by atoms with Crippen LogP contribution in [0.25, 0.3) is 28.1 Å². The first-order valence-electron chi connectivity index (χ1n) is 15.6. The molecule has 2 fully saturated rings. The molecule has 1 saturated carbocycles. The lowest BCUT2D eigenvalue weighted by Crippen LogP contribution is -2.31. The zero-order valence-corrected chi connectivity index (χ0v) is 27.7. The third-order valence-corrected chi connectivity index (χ3v) is 10.7. The fourth-order valence-corrected chi connectivity index (χ4v) is 7.90. The fourth-order valence-electron chi connectivity index (χ4n) is 6.42. The van der Waals surface area contributed by atoms with Crippen LogP contribution in [0.2, 0.25) is 0 Å². The SMILES string of the molecule is Nc1ncnc2c1ncn2C1CC(COP(O)(=S)O[C@@H]2[C@H](F)CO[C@H]2n2cnc3c(=O)n4ccn(CCc5ccc([N+](=O)[O-])cc5)c4nc32)C1. The van der Waals surface area contributed by atoms with Crippen molar-refractivity contribution in [1.29, 1.82) is 0 Å². The summed E-state index contributed by atoms with van der Waals surface area (Å²) in [5.74, 6) is 0.658. The first-order valence-corrected chi connectivity index (χ1v) is 18.2. The average molecular weight is 726 g/mol.